The van der Waals surface area contributed by atoms with E-state index in [0.717, 1.165) is 6.34 Å². The van der Waals surface area contributed by atoms with E-state index in [1.54, 1.807) is 18.8 Å². The van der Waals surface area contributed by atoms with E-state index in [2.05, 4.69) is 5.16 Å². The van der Waals surface area contributed by atoms with Crippen LogP contribution in [0.15, 0.2) is 5.16 Å². The summed E-state index contributed by atoms with van der Waals surface area (Å²) in [6.45, 7) is 5.91. The fourth-order valence-electron chi connectivity index (χ4n) is 0.888. The van der Waals surface area contributed by atoms with Crippen molar-refractivity contribution in [3.63, 3.8) is 0 Å². The van der Waals surface area contributed by atoms with Crippen molar-refractivity contribution in [3.05, 3.63) is 0 Å². The molecule has 0 aliphatic carbocycles. The highest BCUT2D eigenvalue weighted by Crippen LogP contribution is 2.17. The van der Waals surface area contributed by atoms with Crippen LogP contribution in [0.1, 0.15) is 20.8 Å². The average Bonchev–Trinajstić information content (AvgIpc) is 2.02. The van der Waals surface area contributed by atoms with Crippen molar-refractivity contribution in [1.29, 1.82) is 0 Å². The van der Waals surface area contributed by atoms with Crippen molar-refractivity contribution in [2.75, 3.05) is 7.05 Å². The molecule has 4 nitrogen and oxygen atoms in total. The standard InChI is InChI=1S/C8H16N2O2S/c1-6(2)13-7(3)8(11)10(4)5-9-12/h5-7,12H,1-4H3. The zero-order valence-corrected chi connectivity index (χ0v) is 9.21. The largest absolute Gasteiger partial charge is 0.410 e. The van der Waals surface area contributed by atoms with Gasteiger partial charge in [0.2, 0.25) is 5.91 Å². The van der Waals surface area contributed by atoms with Crippen LogP contribution in [-0.2, 0) is 4.79 Å². The number of hydrogen-bond acceptors (Lipinski definition) is 4. The molecular formula is C8H16N2O2S. The second-order valence-corrected chi connectivity index (χ2v) is 4.93. The molecule has 0 aromatic rings. The quantitative estimate of drug-likeness (QED) is 0.326. The van der Waals surface area contributed by atoms with E-state index in [4.69, 9.17) is 5.21 Å². The lowest BCUT2D eigenvalue weighted by molar-refractivity contribution is -0.125. The molecule has 0 saturated heterocycles. The number of thioether (sulfide) groups is 1. The van der Waals surface area contributed by atoms with E-state index >= 15 is 0 Å². The molecule has 0 rings (SSSR count). The Morgan fingerprint density at radius 1 is 1.54 bits per heavy atom. The van der Waals surface area contributed by atoms with Crippen LogP contribution in [0.4, 0.5) is 0 Å². The molecule has 0 aromatic carbocycles. The van der Waals surface area contributed by atoms with E-state index in [-0.39, 0.29) is 11.2 Å². The van der Waals surface area contributed by atoms with Crippen LogP contribution < -0.4 is 0 Å². The normalized spacial score (nSPS) is 13.6. The molecule has 0 aliphatic rings. The number of hydrogen-bond donors (Lipinski definition) is 1. The minimum absolute atomic E-state index is 0.0588. The molecule has 5 heteroatoms. The maximum Gasteiger partial charge on any atom is 0.240 e. The van der Waals surface area contributed by atoms with Gasteiger partial charge in [0.05, 0.1) is 5.25 Å². The number of amides is 1. The molecule has 1 atom stereocenters. The van der Waals surface area contributed by atoms with Gasteiger partial charge in [0.25, 0.3) is 0 Å². The summed E-state index contributed by atoms with van der Waals surface area (Å²) in [6.07, 6.45) is 1.10. The molecule has 0 heterocycles. The van der Waals surface area contributed by atoms with Gasteiger partial charge >= 0.3 is 0 Å². The van der Waals surface area contributed by atoms with Crippen LogP contribution in [0.2, 0.25) is 0 Å². The lowest BCUT2D eigenvalue weighted by atomic mass is 10.4. The lowest BCUT2D eigenvalue weighted by Crippen LogP contribution is -2.32. The Balaban J connectivity index is 4.09. The SMILES string of the molecule is CC(C)SC(C)C(=O)N(C)C=NO. The predicted molar refractivity (Wildman–Crippen MR) is 55.2 cm³/mol. The summed E-state index contributed by atoms with van der Waals surface area (Å²) in [5, 5.41) is 11.3. The number of nitrogens with zero attached hydrogens (tertiary/aromatic N) is 2. The molecule has 0 saturated carbocycles. The van der Waals surface area contributed by atoms with Crippen molar-refractivity contribution in [2.45, 2.75) is 31.3 Å². The van der Waals surface area contributed by atoms with Crippen molar-refractivity contribution in [1.82, 2.24) is 4.90 Å². The summed E-state index contributed by atoms with van der Waals surface area (Å²) in [4.78, 5) is 12.7. The highest BCUT2D eigenvalue weighted by atomic mass is 32.2. The third-order valence-electron chi connectivity index (χ3n) is 1.40. The molecule has 0 spiro atoms. The Bertz CT molecular complexity index is 195. The van der Waals surface area contributed by atoms with Crippen LogP contribution in [-0.4, -0.2) is 39.9 Å². The summed E-state index contributed by atoms with van der Waals surface area (Å²) in [7, 11) is 1.57. The van der Waals surface area contributed by atoms with Gasteiger partial charge in [0, 0.05) is 7.05 Å². The lowest BCUT2D eigenvalue weighted by Gasteiger charge is -2.17. The molecular weight excluding hydrogens is 188 g/mol. The highest BCUT2D eigenvalue weighted by Gasteiger charge is 2.17. The Morgan fingerprint density at radius 3 is 2.46 bits per heavy atom. The van der Waals surface area contributed by atoms with Gasteiger partial charge in [0.1, 0.15) is 6.34 Å². The number of oxime groups is 1. The van der Waals surface area contributed by atoms with Gasteiger partial charge in [-0.05, 0) is 12.2 Å². The van der Waals surface area contributed by atoms with Gasteiger partial charge in [-0.15, -0.1) is 11.8 Å². The summed E-state index contributed by atoms with van der Waals surface area (Å²) >= 11 is 1.58. The summed E-state index contributed by atoms with van der Waals surface area (Å²) in [5.41, 5.74) is 0. The third kappa shape index (κ3) is 4.77. The van der Waals surface area contributed by atoms with Crippen molar-refractivity contribution in [2.24, 2.45) is 5.16 Å². The van der Waals surface area contributed by atoms with Crippen LogP contribution in [0, 0.1) is 0 Å². The first-order valence-corrected chi connectivity index (χ1v) is 5.03. The number of rotatable bonds is 4. The van der Waals surface area contributed by atoms with Crippen LogP contribution in [0.5, 0.6) is 0 Å². The van der Waals surface area contributed by atoms with Gasteiger partial charge in [0.15, 0.2) is 0 Å². The van der Waals surface area contributed by atoms with Crippen LogP contribution in [0.3, 0.4) is 0 Å². The molecule has 1 amide bonds. The van der Waals surface area contributed by atoms with Gasteiger partial charge in [-0.3, -0.25) is 4.79 Å². The topological polar surface area (TPSA) is 52.9 Å². The zero-order chi connectivity index (χ0) is 10.4. The first kappa shape index (κ1) is 12.3. The van der Waals surface area contributed by atoms with Crippen molar-refractivity contribution < 1.29 is 10.0 Å². The van der Waals surface area contributed by atoms with E-state index < -0.39 is 0 Å². The first-order chi connectivity index (χ1) is 5.99. The Hall–Kier alpha value is -0.710. The predicted octanol–water partition coefficient (Wildman–Crippen LogP) is 1.39. The second kappa shape index (κ2) is 5.85. The molecule has 0 aliphatic heterocycles. The minimum atomic E-state index is -0.108. The number of carbonyl (C=O) groups excluding carboxylic acids is 1. The van der Waals surface area contributed by atoms with E-state index in [9.17, 15) is 4.79 Å². The van der Waals surface area contributed by atoms with Gasteiger partial charge in [-0.2, -0.15) is 0 Å². The van der Waals surface area contributed by atoms with Gasteiger partial charge < -0.3 is 10.1 Å². The Labute approximate surface area is 83.0 Å². The van der Waals surface area contributed by atoms with Gasteiger partial charge in [-0.1, -0.05) is 19.0 Å². The van der Waals surface area contributed by atoms with E-state index in [0.29, 0.717) is 5.25 Å². The molecule has 0 bridgehead atoms. The maximum absolute atomic E-state index is 11.5. The van der Waals surface area contributed by atoms with Crippen LogP contribution >= 0.6 is 11.8 Å². The van der Waals surface area contributed by atoms with Crippen molar-refractivity contribution in [3.8, 4) is 0 Å². The summed E-state index contributed by atoms with van der Waals surface area (Å²) in [6, 6.07) is 0. The molecule has 1 N–H and O–H groups in total. The number of carbonyl (C=O) groups is 1. The maximum atomic E-state index is 11.5. The second-order valence-electron chi connectivity index (χ2n) is 3.01. The molecule has 0 radical (unpaired) electrons. The molecule has 0 fully saturated rings. The molecule has 0 aromatic heterocycles. The summed E-state index contributed by atoms with van der Waals surface area (Å²) in [5.74, 6) is -0.0588. The van der Waals surface area contributed by atoms with Gasteiger partial charge in [-0.25, -0.2) is 0 Å². The molecule has 1 unspecified atom stereocenters. The monoisotopic (exact) mass is 204 g/mol. The van der Waals surface area contributed by atoms with Crippen molar-refractivity contribution >= 4 is 24.0 Å². The smallest absolute Gasteiger partial charge is 0.240 e. The average molecular weight is 204 g/mol. The van der Waals surface area contributed by atoms with E-state index in [1.807, 2.05) is 20.8 Å². The van der Waals surface area contributed by atoms with E-state index in [1.165, 1.54) is 4.90 Å². The fourth-order valence-corrected chi connectivity index (χ4v) is 1.99. The zero-order valence-electron chi connectivity index (χ0n) is 8.39. The summed E-state index contributed by atoms with van der Waals surface area (Å²) < 4.78 is 0. The molecule has 76 valence electrons. The highest BCUT2D eigenvalue weighted by molar-refractivity contribution is 8.01. The first-order valence-electron chi connectivity index (χ1n) is 4.08. The minimum Gasteiger partial charge on any atom is -0.410 e. The fraction of sp³-hybridized carbons (Fsp3) is 0.750. The Morgan fingerprint density at radius 2 is 2.08 bits per heavy atom. The third-order valence-corrected chi connectivity index (χ3v) is 2.55. The Kier molecular flexibility index (Phi) is 5.53. The molecule has 13 heavy (non-hydrogen) atoms. The van der Waals surface area contributed by atoms with Crippen LogP contribution in [0.25, 0.3) is 0 Å².